The van der Waals surface area contributed by atoms with Gasteiger partial charge >= 0.3 is 5.97 Å². The molecule has 0 spiro atoms. The van der Waals surface area contributed by atoms with Gasteiger partial charge in [-0.05, 0) is 42.3 Å². The number of halogens is 1. The minimum atomic E-state index is -0.893. The molecule has 2 aromatic carbocycles. The fourth-order valence-corrected chi connectivity index (χ4v) is 3.01. The molecule has 1 N–H and O–H groups in total. The monoisotopic (exact) mass is 331 g/mol. The SMILES string of the molecule is O=C(O)c1cccc(CN2CCC(Oc3cccc(Cl)c3)C2)c1. The Morgan fingerprint density at radius 3 is 2.87 bits per heavy atom. The molecule has 0 aromatic heterocycles. The average Bonchev–Trinajstić information content (AvgIpc) is 2.94. The number of carbonyl (C=O) groups is 1. The molecule has 0 saturated carbocycles. The van der Waals surface area contributed by atoms with Crippen molar-refractivity contribution >= 4 is 17.6 Å². The summed E-state index contributed by atoms with van der Waals surface area (Å²) in [6.07, 6.45) is 1.08. The maximum atomic E-state index is 11.0. The van der Waals surface area contributed by atoms with Gasteiger partial charge in [0.25, 0.3) is 0 Å². The van der Waals surface area contributed by atoms with E-state index in [9.17, 15) is 4.79 Å². The van der Waals surface area contributed by atoms with Crippen molar-refractivity contribution in [3.8, 4) is 5.75 Å². The van der Waals surface area contributed by atoms with Gasteiger partial charge in [0.2, 0.25) is 0 Å². The lowest BCUT2D eigenvalue weighted by atomic mass is 10.1. The topological polar surface area (TPSA) is 49.8 Å². The number of nitrogens with zero attached hydrogens (tertiary/aromatic N) is 1. The molecule has 4 nitrogen and oxygen atoms in total. The summed E-state index contributed by atoms with van der Waals surface area (Å²) in [4.78, 5) is 13.3. The quantitative estimate of drug-likeness (QED) is 0.907. The highest BCUT2D eigenvalue weighted by Crippen LogP contribution is 2.22. The van der Waals surface area contributed by atoms with Crippen molar-refractivity contribution in [2.24, 2.45) is 0 Å². The van der Waals surface area contributed by atoms with Crippen molar-refractivity contribution in [3.63, 3.8) is 0 Å². The molecular weight excluding hydrogens is 314 g/mol. The van der Waals surface area contributed by atoms with Gasteiger partial charge in [-0.25, -0.2) is 4.79 Å². The van der Waals surface area contributed by atoms with E-state index in [4.69, 9.17) is 21.4 Å². The van der Waals surface area contributed by atoms with E-state index in [1.165, 1.54) is 0 Å². The van der Waals surface area contributed by atoms with Crippen molar-refractivity contribution in [1.29, 1.82) is 0 Å². The van der Waals surface area contributed by atoms with Crippen LogP contribution < -0.4 is 4.74 Å². The molecule has 1 aliphatic heterocycles. The third kappa shape index (κ3) is 4.24. The van der Waals surface area contributed by atoms with Crippen LogP contribution in [0.5, 0.6) is 5.75 Å². The van der Waals surface area contributed by atoms with Gasteiger partial charge in [0, 0.05) is 24.7 Å². The Labute approximate surface area is 140 Å². The zero-order valence-electron chi connectivity index (χ0n) is 12.6. The van der Waals surface area contributed by atoms with E-state index in [1.807, 2.05) is 30.3 Å². The number of benzene rings is 2. The number of carboxylic acid groups (broad SMARTS) is 1. The van der Waals surface area contributed by atoms with E-state index in [0.29, 0.717) is 10.6 Å². The number of ether oxygens (including phenoxy) is 1. The fourth-order valence-electron chi connectivity index (χ4n) is 2.83. The second-order valence-electron chi connectivity index (χ2n) is 5.73. The van der Waals surface area contributed by atoms with Crippen LogP contribution in [-0.2, 0) is 6.54 Å². The van der Waals surface area contributed by atoms with Crippen LogP contribution in [0.3, 0.4) is 0 Å². The van der Waals surface area contributed by atoms with E-state index in [-0.39, 0.29) is 6.10 Å². The predicted molar refractivity (Wildman–Crippen MR) is 89.2 cm³/mol. The largest absolute Gasteiger partial charge is 0.489 e. The molecule has 23 heavy (non-hydrogen) atoms. The van der Waals surface area contributed by atoms with Crippen LogP contribution in [0.25, 0.3) is 0 Å². The second-order valence-corrected chi connectivity index (χ2v) is 6.16. The Morgan fingerprint density at radius 2 is 2.09 bits per heavy atom. The minimum absolute atomic E-state index is 0.135. The summed E-state index contributed by atoms with van der Waals surface area (Å²) < 4.78 is 5.97. The van der Waals surface area contributed by atoms with Gasteiger partial charge in [0.15, 0.2) is 0 Å². The molecule has 0 aliphatic carbocycles. The lowest BCUT2D eigenvalue weighted by Gasteiger charge is -2.17. The summed E-state index contributed by atoms with van der Waals surface area (Å²) in [7, 11) is 0. The van der Waals surface area contributed by atoms with Gasteiger partial charge in [-0.3, -0.25) is 4.90 Å². The molecule has 0 amide bonds. The molecule has 1 atom stereocenters. The maximum Gasteiger partial charge on any atom is 0.335 e. The molecule has 1 heterocycles. The summed E-state index contributed by atoms with van der Waals surface area (Å²) in [6, 6.07) is 14.5. The highest BCUT2D eigenvalue weighted by molar-refractivity contribution is 6.30. The summed E-state index contributed by atoms with van der Waals surface area (Å²) in [5, 5.41) is 9.72. The molecule has 2 aromatic rings. The number of carboxylic acids is 1. The predicted octanol–water partition coefficient (Wildman–Crippen LogP) is 3.69. The van der Waals surface area contributed by atoms with Crippen LogP contribution in [-0.4, -0.2) is 35.2 Å². The van der Waals surface area contributed by atoms with Crippen LogP contribution >= 0.6 is 11.6 Å². The third-order valence-electron chi connectivity index (χ3n) is 3.91. The molecule has 1 saturated heterocycles. The van der Waals surface area contributed by atoms with Gasteiger partial charge in [-0.1, -0.05) is 29.8 Å². The van der Waals surface area contributed by atoms with Crippen LogP contribution in [0.2, 0.25) is 5.02 Å². The summed E-state index contributed by atoms with van der Waals surface area (Å²) in [5.74, 6) is -0.104. The standard InChI is InChI=1S/C18H18ClNO3/c19-15-5-2-6-16(10-15)23-17-7-8-20(12-17)11-13-3-1-4-14(9-13)18(21)22/h1-6,9-10,17H,7-8,11-12H2,(H,21,22). The van der Waals surface area contributed by atoms with Gasteiger partial charge in [-0.2, -0.15) is 0 Å². The van der Waals surface area contributed by atoms with Crippen LogP contribution in [0.15, 0.2) is 48.5 Å². The first kappa shape index (κ1) is 15.8. The second kappa shape index (κ2) is 7.02. The third-order valence-corrected chi connectivity index (χ3v) is 4.14. The van der Waals surface area contributed by atoms with Crippen molar-refractivity contribution in [2.45, 2.75) is 19.1 Å². The van der Waals surface area contributed by atoms with E-state index in [2.05, 4.69) is 4.90 Å². The summed E-state index contributed by atoms with van der Waals surface area (Å²) in [5.41, 5.74) is 1.33. The highest BCUT2D eigenvalue weighted by atomic mass is 35.5. The molecule has 3 rings (SSSR count). The Bertz CT molecular complexity index is 704. The van der Waals surface area contributed by atoms with Crippen molar-refractivity contribution in [1.82, 2.24) is 4.90 Å². The van der Waals surface area contributed by atoms with Gasteiger partial charge in [0.05, 0.1) is 5.56 Å². The van der Waals surface area contributed by atoms with Crippen molar-refractivity contribution < 1.29 is 14.6 Å². The number of hydrogen-bond acceptors (Lipinski definition) is 3. The van der Waals surface area contributed by atoms with E-state index in [0.717, 1.165) is 37.4 Å². The smallest absolute Gasteiger partial charge is 0.335 e. The molecular formula is C18H18ClNO3. The van der Waals surface area contributed by atoms with E-state index >= 15 is 0 Å². The average molecular weight is 332 g/mol. The number of likely N-dealkylation sites (tertiary alicyclic amines) is 1. The molecule has 0 radical (unpaired) electrons. The number of hydrogen-bond donors (Lipinski definition) is 1. The highest BCUT2D eigenvalue weighted by Gasteiger charge is 2.24. The van der Waals surface area contributed by atoms with Crippen LogP contribution in [0.1, 0.15) is 22.3 Å². The van der Waals surface area contributed by atoms with Crippen molar-refractivity contribution in [3.05, 3.63) is 64.7 Å². The van der Waals surface area contributed by atoms with Gasteiger partial charge in [0.1, 0.15) is 11.9 Å². The summed E-state index contributed by atoms with van der Waals surface area (Å²) in [6.45, 7) is 2.49. The normalized spacial score (nSPS) is 18.0. The van der Waals surface area contributed by atoms with Gasteiger partial charge < -0.3 is 9.84 Å². The summed E-state index contributed by atoms with van der Waals surface area (Å²) >= 11 is 5.97. The number of aromatic carboxylic acids is 1. The van der Waals surface area contributed by atoms with Gasteiger partial charge in [-0.15, -0.1) is 0 Å². The van der Waals surface area contributed by atoms with E-state index in [1.54, 1.807) is 18.2 Å². The number of rotatable bonds is 5. The molecule has 1 aliphatic rings. The van der Waals surface area contributed by atoms with Crippen LogP contribution in [0, 0.1) is 0 Å². The maximum absolute atomic E-state index is 11.0. The Balaban J connectivity index is 1.57. The zero-order valence-corrected chi connectivity index (χ0v) is 13.4. The first-order valence-corrected chi connectivity index (χ1v) is 7.95. The Kier molecular flexibility index (Phi) is 4.84. The minimum Gasteiger partial charge on any atom is -0.489 e. The Morgan fingerprint density at radius 1 is 1.26 bits per heavy atom. The molecule has 0 bridgehead atoms. The van der Waals surface area contributed by atoms with Crippen molar-refractivity contribution in [2.75, 3.05) is 13.1 Å². The zero-order chi connectivity index (χ0) is 16.2. The van der Waals surface area contributed by atoms with Crippen LogP contribution in [0.4, 0.5) is 0 Å². The van der Waals surface area contributed by atoms with E-state index < -0.39 is 5.97 Å². The first-order chi connectivity index (χ1) is 11.1. The lowest BCUT2D eigenvalue weighted by Crippen LogP contribution is -2.24. The molecule has 120 valence electrons. The molecule has 1 fully saturated rings. The molecule has 5 heteroatoms. The first-order valence-electron chi connectivity index (χ1n) is 7.57. The lowest BCUT2D eigenvalue weighted by molar-refractivity contribution is 0.0696. The Hall–Kier alpha value is -2.04. The fraction of sp³-hybridized carbons (Fsp3) is 0.278. The molecule has 1 unspecified atom stereocenters.